The number of hydrogen-bond acceptors (Lipinski definition) is 7. The molecule has 0 atom stereocenters. The van der Waals surface area contributed by atoms with Crippen LogP contribution in [0.1, 0.15) is 23.5 Å². The Hall–Kier alpha value is -3.05. The quantitative estimate of drug-likeness (QED) is 0.640. The molecule has 3 aromatic rings. The highest BCUT2D eigenvalue weighted by molar-refractivity contribution is 5.97. The van der Waals surface area contributed by atoms with Crippen LogP contribution < -0.4 is 4.90 Å². The van der Waals surface area contributed by atoms with E-state index >= 15 is 4.39 Å². The van der Waals surface area contributed by atoms with Crippen molar-refractivity contribution in [3.63, 3.8) is 0 Å². The summed E-state index contributed by atoms with van der Waals surface area (Å²) in [7, 11) is 1.77. The van der Waals surface area contributed by atoms with E-state index in [9.17, 15) is 4.79 Å². The molecule has 0 bridgehead atoms. The number of ether oxygens (including phenoxy) is 2. The fourth-order valence-corrected chi connectivity index (χ4v) is 4.91. The van der Waals surface area contributed by atoms with Crippen molar-refractivity contribution >= 4 is 22.8 Å². The van der Waals surface area contributed by atoms with Crippen molar-refractivity contribution in [3.8, 4) is 11.3 Å². The molecule has 3 saturated heterocycles. The Morgan fingerprint density at radius 3 is 2.52 bits per heavy atom. The number of nitrogens with zero attached hydrogens (tertiary/aromatic N) is 6. The number of H-pyrrole nitrogens is 1. The van der Waals surface area contributed by atoms with E-state index in [-0.39, 0.29) is 22.8 Å². The molecular formula is C22H26FN7O3. The highest BCUT2D eigenvalue weighted by Crippen LogP contribution is 2.39. The van der Waals surface area contributed by atoms with Crippen molar-refractivity contribution < 1.29 is 18.7 Å². The maximum absolute atomic E-state index is 15.8. The van der Waals surface area contributed by atoms with Gasteiger partial charge in [0.25, 0.3) is 5.91 Å². The average molecular weight is 455 g/mol. The Morgan fingerprint density at radius 1 is 1.12 bits per heavy atom. The largest absolute Gasteiger partial charge is 0.380 e. The van der Waals surface area contributed by atoms with Gasteiger partial charge in [0.2, 0.25) is 0 Å². The number of anilines is 1. The number of nitrogens with one attached hydrogen (secondary N) is 1. The minimum atomic E-state index is -0.465. The molecule has 3 fully saturated rings. The van der Waals surface area contributed by atoms with Gasteiger partial charge in [-0.2, -0.15) is 5.10 Å². The van der Waals surface area contributed by atoms with Gasteiger partial charge in [-0.25, -0.2) is 14.4 Å². The third kappa shape index (κ3) is 3.46. The summed E-state index contributed by atoms with van der Waals surface area (Å²) in [5.41, 5.74) is 2.09. The smallest absolute Gasteiger partial charge is 0.289 e. The summed E-state index contributed by atoms with van der Waals surface area (Å²) < 4.78 is 28.3. The number of fused-ring (bicyclic) bond motifs is 1. The van der Waals surface area contributed by atoms with E-state index in [1.807, 2.05) is 9.80 Å². The van der Waals surface area contributed by atoms with Gasteiger partial charge < -0.3 is 24.3 Å². The second kappa shape index (κ2) is 7.77. The fraction of sp³-hybridized carbons (Fsp3) is 0.545. The molecule has 0 radical (unpaired) electrons. The van der Waals surface area contributed by atoms with Crippen LogP contribution in [0.2, 0.25) is 0 Å². The summed E-state index contributed by atoms with van der Waals surface area (Å²) in [6, 6.07) is 0. The zero-order chi connectivity index (χ0) is 22.6. The lowest BCUT2D eigenvalue weighted by atomic mass is 9.77. The average Bonchev–Trinajstić information content (AvgIpc) is 3.44. The zero-order valence-corrected chi connectivity index (χ0v) is 18.5. The zero-order valence-electron chi connectivity index (χ0n) is 18.5. The van der Waals surface area contributed by atoms with Gasteiger partial charge in [0.1, 0.15) is 16.9 Å². The molecule has 6 rings (SSSR count). The van der Waals surface area contributed by atoms with Gasteiger partial charge in [0, 0.05) is 50.4 Å². The van der Waals surface area contributed by atoms with E-state index in [1.54, 1.807) is 24.1 Å². The van der Waals surface area contributed by atoms with Crippen LogP contribution >= 0.6 is 0 Å². The molecule has 174 valence electrons. The summed E-state index contributed by atoms with van der Waals surface area (Å²) in [6.07, 6.45) is 5.15. The molecule has 33 heavy (non-hydrogen) atoms. The van der Waals surface area contributed by atoms with Gasteiger partial charge in [-0.05, 0) is 12.8 Å². The number of piperidine rings is 1. The minimum absolute atomic E-state index is 0.181. The van der Waals surface area contributed by atoms with Gasteiger partial charge in [0.15, 0.2) is 17.3 Å². The highest BCUT2D eigenvalue weighted by Gasteiger charge is 2.42. The molecule has 0 aromatic carbocycles. The summed E-state index contributed by atoms with van der Waals surface area (Å²) >= 11 is 0. The Balaban J connectivity index is 1.39. The molecular weight excluding hydrogens is 429 g/mol. The third-order valence-corrected chi connectivity index (χ3v) is 6.98. The molecule has 0 aliphatic carbocycles. The number of rotatable bonds is 3. The van der Waals surface area contributed by atoms with Crippen molar-refractivity contribution in [2.24, 2.45) is 12.5 Å². The van der Waals surface area contributed by atoms with Gasteiger partial charge >= 0.3 is 0 Å². The molecule has 1 spiro atoms. The third-order valence-electron chi connectivity index (χ3n) is 6.98. The second-order valence-corrected chi connectivity index (χ2v) is 9.19. The molecule has 3 aliphatic rings. The Bertz CT molecular complexity index is 1200. The van der Waals surface area contributed by atoms with Gasteiger partial charge in [0.05, 0.1) is 32.6 Å². The predicted octanol–water partition coefficient (Wildman–Crippen LogP) is 1.59. The van der Waals surface area contributed by atoms with Crippen LogP contribution in [0.4, 0.5) is 10.1 Å². The summed E-state index contributed by atoms with van der Waals surface area (Å²) in [6.45, 7) is 4.97. The number of morpholine rings is 1. The van der Waals surface area contributed by atoms with E-state index < -0.39 is 5.82 Å². The molecule has 0 unspecified atom stereocenters. The Labute approximate surface area is 189 Å². The number of carbonyl (C=O) groups excluding carboxylic acids is 1. The van der Waals surface area contributed by atoms with Crippen LogP contribution in [0.25, 0.3) is 22.4 Å². The highest BCUT2D eigenvalue weighted by atomic mass is 19.1. The first-order valence-corrected chi connectivity index (χ1v) is 11.3. The lowest BCUT2D eigenvalue weighted by molar-refractivity contribution is -0.136. The SMILES string of the molecule is Cn1cc(-c2nc3[nH]c(C(=O)N4CCC5(CC4)COC5)nc3c(N3CCOCC3)c2F)cn1. The number of carbonyl (C=O) groups is 1. The minimum Gasteiger partial charge on any atom is -0.380 e. The Kier molecular flexibility index (Phi) is 4.84. The van der Waals surface area contributed by atoms with Crippen LogP contribution in [-0.2, 0) is 16.5 Å². The number of aromatic amines is 1. The molecule has 0 saturated carbocycles. The first-order valence-electron chi connectivity index (χ1n) is 11.3. The van der Waals surface area contributed by atoms with Crippen molar-refractivity contribution in [2.75, 3.05) is 57.5 Å². The summed E-state index contributed by atoms with van der Waals surface area (Å²) in [5.74, 6) is -0.456. The van der Waals surface area contributed by atoms with E-state index in [1.165, 1.54) is 0 Å². The number of aromatic nitrogens is 5. The van der Waals surface area contributed by atoms with Crippen molar-refractivity contribution in [3.05, 3.63) is 24.0 Å². The van der Waals surface area contributed by atoms with Gasteiger partial charge in [-0.15, -0.1) is 0 Å². The molecule has 1 N–H and O–H groups in total. The Morgan fingerprint density at radius 2 is 1.88 bits per heavy atom. The summed E-state index contributed by atoms with van der Waals surface area (Å²) in [5, 5.41) is 4.16. The molecule has 6 heterocycles. The molecule has 11 heteroatoms. The van der Waals surface area contributed by atoms with E-state index in [4.69, 9.17) is 9.47 Å². The topological polar surface area (TPSA) is 101 Å². The molecule has 1 amide bonds. The molecule has 3 aliphatic heterocycles. The van der Waals surface area contributed by atoms with Crippen LogP contribution in [0.3, 0.4) is 0 Å². The maximum Gasteiger partial charge on any atom is 0.289 e. The van der Waals surface area contributed by atoms with Crippen molar-refractivity contribution in [1.29, 1.82) is 0 Å². The van der Waals surface area contributed by atoms with Crippen LogP contribution in [0.15, 0.2) is 12.4 Å². The number of likely N-dealkylation sites (tertiary alicyclic amines) is 1. The number of hydrogen-bond donors (Lipinski definition) is 1. The monoisotopic (exact) mass is 455 g/mol. The number of imidazole rings is 1. The van der Waals surface area contributed by atoms with Crippen LogP contribution in [0.5, 0.6) is 0 Å². The van der Waals surface area contributed by atoms with Crippen molar-refractivity contribution in [1.82, 2.24) is 29.6 Å². The number of aryl methyl sites for hydroxylation is 1. The first kappa shape index (κ1) is 20.5. The summed E-state index contributed by atoms with van der Waals surface area (Å²) in [4.78, 5) is 29.1. The van der Waals surface area contributed by atoms with E-state index in [0.29, 0.717) is 61.8 Å². The molecule has 3 aromatic heterocycles. The first-order chi connectivity index (χ1) is 16.0. The van der Waals surface area contributed by atoms with Gasteiger partial charge in [-0.3, -0.25) is 9.48 Å². The maximum atomic E-state index is 15.8. The lowest BCUT2D eigenvalue weighted by Crippen LogP contribution is -2.52. The second-order valence-electron chi connectivity index (χ2n) is 9.19. The van der Waals surface area contributed by atoms with Crippen LogP contribution in [0, 0.1) is 11.2 Å². The predicted molar refractivity (Wildman–Crippen MR) is 117 cm³/mol. The number of amides is 1. The van der Waals surface area contributed by atoms with E-state index in [0.717, 1.165) is 26.1 Å². The number of pyridine rings is 1. The standard InChI is InChI=1S/C22H26FN7O3/c1-28-11-14(10-24-28)16-15(23)18(29-6-8-32-9-7-29)17-19(25-16)27-20(26-17)21(31)30-4-2-22(3-5-30)12-33-13-22/h10-11H,2-9,12-13H2,1H3,(H,25,26,27). The van der Waals surface area contributed by atoms with E-state index in [2.05, 4.69) is 20.1 Å². The fourth-order valence-electron chi connectivity index (χ4n) is 4.91. The van der Waals surface area contributed by atoms with Gasteiger partial charge in [-0.1, -0.05) is 0 Å². The number of halogens is 1. The van der Waals surface area contributed by atoms with Crippen LogP contribution in [-0.4, -0.2) is 88.1 Å². The molecule has 10 nitrogen and oxygen atoms in total. The normalized spacial score (nSPS) is 20.4. The lowest BCUT2D eigenvalue weighted by Gasteiger charge is -2.47. The van der Waals surface area contributed by atoms with Crippen molar-refractivity contribution in [2.45, 2.75) is 12.8 Å².